The molecule has 1 N–H and O–H groups in total. The van der Waals surface area contributed by atoms with Gasteiger partial charge in [-0.1, -0.05) is 42.1 Å². The van der Waals surface area contributed by atoms with Crippen molar-refractivity contribution in [2.45, 2.75) is 5.16 Å². The number of ether oxygens (including phenoxy) is 2. The van der Waals surface area contributed by atoms with Crippen LogP contribution in [0.1, 0.15) is 0 Å². The minimum atomic E-state index is 0.589. The third kappa shape index (κ3) is 4.26. The van der Waals surface area contributed by atoms with Crippen LogP contribution in [0.4, 0.5) is 0 Å². The first-order chi connectivity index (χ1) is 11.3. The Balaban J connectivity index is 1.46. The van der Waals surface area contributed by atoms with Crippen molar-refractivity contribution in [3.8, 4) is 22.9 Å². The van der Waals surface area contributed by atoms with Gasteiger partial charge >= 0.3 is 0 Å². The van der Waals surface area contributed by atoms with E-state index >= 15 is 0 Å². The SMILES string of the molecule is COc1ccc(OCCSc2n[nH]c(-c3ccccc3)n2)cc1. The molecule has 0 saturated carbocycles. The highest BCUT2D eigenvalue weighted by molar-refractivity contribution is 7.99. The quantitative estimate of drug-likeness (QED) is 0.530. The first-order valence-electron chi connectivity index (χ1n) is 7.22. The van der Waals surface area contributed by atoms with Gasteiger partial charge in [0.25, 0.3) is 0 Å². The van der Waals surface area contributed by atoms with E-state index in [0.717, 1.165) is 33.8 Å². The molecule has 0 fully saturated rings. The molecule has 5 nitrogen and oxygen atoms in total. The minimum Gasteiger partial charge on any atom is -0.497 e. The van der Waals surface area contributed by atoms with Gasteiger partial charge in [0.15, 0.2) is 5.82 Å². The topological polar surface area (TPSA) is 60.0 Å². The molecule has 6 heteroatoms. The van der Waals surface area contributed by atoms with Gasteiger partial charge in [-0.2, -0.15) is 0 Å². The lowest BCUT2D eigenvalue weighted by Crippen LogP contribution is -2.00. The zero-order valence-electron chi connectivity index (χ0n) is 12.7. The summed E-state index contributed by atoms with van der Waals surface area (Å²) in [5, 5.41) is 7.90. The van der Waals surface area contributed by atoms with Gasteiger partial charge in [0.1, 0.15) is 11.5 Å². The second-order valence-electron chi connectivity index (χ2n) is 4.71. The molecule has 2 aromatic carbocycles. The Bertz CT molecular complexity index is 729. The first kappa shape index (κ1) is 15.4. The van der Waals surface area contributed by atoms with Gasteiger partial charge in [-0.05, 0) is 24.3 Å². The molecule has 0 amide bonds. The number of hydrogen-bond acceptors (Lipinski definition) is 5. The molecule has 118 valence electrons. The van der Waals surface area contributed by atoms with E-state index in [0.29, 0.717) is 6.61 Å². The number of methoxy groups -OCH3 is 1. The monoisotopic (exact) mass is 327 g/mol. The number of hydrogen-bond donors (Lipinski definition) is 1. The number of thioether (sulfide) groups is 1. The average Bonchev–Trinajstić information content (AvgIpc) is 3.09. The van der Waals surface area contributed by atoms with E-state index in [9.17, 15) is 0 Å². The summed E-state index contributed by atoms with van der Waals surface area (Å²) in [5.41, 5.74) is 1.03. The summed E-state index contributed by atoms with van der Waals surface area (Å²) in [6.45, 7) is 0.589. The molecule has 1 aromatic heterocycles. The summed E-state index contributed by atoms with van der Waals surface area (Å²) in [4.78, 5) is 4.47. The van der Waals surface area contributed by atoms with Crippen molar-refractivity contribution in [1.29, 1.82) is 0 Å². The fraction of sp³-hybridized carbons (Fsp3) is 0.176. The van der Waals surface area contributed by atoms with E-state index in [4.69, 9.17) is 9.47 Å². The van der Waals surface area contributed by atoms with Gasteiger partial charge in [0, 0.05) is 11.3 Å². The van der Waals surface area contributed by atoms with Crippen LogP contribution in [0.15, 0.2) is 59.8 Å². The van der Waals surface area contributed by atoms with Crippen molar-refractivity contribution in [2.75, 3.05) is 19.5 Å². The smallest absolute Gasteiger partial charge is 0.208 e. The maximum atomic E-state index is 5.68. The normalized spacial score (nSPS) is 10.5. The third-order valence-corrected chi connectivity index (χ3v) is 3.97. The summed E-state index contributed by atoms with van der Waals surface area (Å²) < 4.78 is 10.8. The second-order valence-corrected chi connectivity index (χ2v) is 5.77. The van der Waals surface area contributed by atoms with Crippen LogP contribution >= 0.6 is 11.8 Å². The van der Waals surface area contributed by atoms with Crippen molar-refractivity contribution in [3.05, 3.63) is 54.6 Å². The number of nitrogens with zero attached hydrogens (tertiary/aromatic N) is 2. The largest absolute Gasteiger partial charge is 0.497 e. The van der Waals surface area contributed by atoms with Gasteiger partial charge in [-0.25, -0.2) is 4.98 Å². The molecular weight excluding hydrogens is 310 g/mol. The van der Waals surface area contributed by atoms with Crippen LogP contribution in [0.25, 0.3) is 11.4 Å². The standard InChI is InChI=1S/C17H17N3O2S/c1-21-14-7-9-15(10-8-14)22-11-12-23-17-18-16(19-20-17)13-5-3-2-4-6-13/h2-10H,11-12H2,1H3,(H,18,19,20). The van der Waals surface area contributed by atoms with E-state index in [1.807, 2.05) is 54.6 Å². The molecule has 23 heavy (non-hydrogen) atoms. The lowest BCUT2D eigenvalue weighted by Gasteiger charge is -2.05. The molecule has 0 radical (unpaired) electrons. The fourth-order valence-corrected chi connectivity index (χ4v) is 2.62. The second kappa shape index (κ2) is 7.69. The summed E-state index contributed by atoms with van der Waals surface area (Å²) in [6.07, 6.45) is 0. The summed E-state index contributed by atoms with van der Waals surface area (Å²) in [6, 6.07) is 17.5. The van der Waals surface area contributed by atoms with Crippen LogP contribution in [0.2, 0.25) is 0 Å². The van der Waals surface area contributed by atoms with Gasteiger partial charge in [-0.3, -0.25) is 5.10 Å². The molecule has 0 aliphatic heterocycles. The maximum Gasteiger partial charge on any atom is 0.208 e. The van der Waals surface area contributed by atoms with Crippen LogP contribution in [-0.4, -0.2) is 34.7 Å². The highest BCUT2D eigenvalue weighted by Crippen LogP contribution is 2.20. The van der Waals surface area contributed by atoms with E-state index in [2.05, 4.69) is 15.2 Å². The molecular formula is C17H17N3O2S. The number of benzene rings is 2. The van der Waals surface area contributed by atoms with Crippen molar-refractivity contribution < 1.29 is 9.47 Å². The van der Waals surface area contributed by atoms with Crippen molar-refractivity contribution in [1.82, 2.24) is 15.2 Å². The third-order valence-electron chi connectivity index (χ3n) is 3.15. The van der Waals surface area contributed by atoms with E-state index in [1.54, 1.807) is 18.9 Å². The number of rotatable bonds is 7. The molecule has 0 atom stereocenters. The Morgan fingerprint density at radius 1 is 1.00 bits per heavy atom. The molecule has 0 aliphatic carbocycles. The Morgan fingerprint density at radius 3 is 2.48 bits per heavy atom. The predicted octanol–water partition coefficient (Wildman–Crippen LogP) is 3.65. The Kier molecular flexibility index (Phi) is 5.16. The molecule has 0 bridgehead atoms. The first-order valence-corrected chi connectivity index (χ1v) is 8.21. The highest BCUT2D eigenvalue weighted by Gasteiger charge is 2.05. The maximum absolute atomic E-state index is 5.68. The number of aromatic nitrogens is 3. The lowest BCUT2D eigenvalue weighted by molar-refractivity contribution is 0.342. The lowest BCUT2D eigenvalue weighted by atomic mass is 10.2. The van der Waals surface area contributed by atoms with Crippen LogP contribution in [-0.2, 0) is 0 Å². The van der Waals surface area contributed by atoms with Gasteiger partial charge < -0.3 is 9.47 Å². The molecule has 1 heterocycles. The fourth-order valence-electron chi connectivity index (χ4n) is 2.00. The Labute approximate surface area is 139 Å². The zero-order valence-corrected chi connectivity index (χ0v) is 13.5. The predicted molar refractivity (Wildman–Crippen MR) is 91.0 cm³/mol. The van der Waals surface area contributed by atoms with Crippen molar-refractivity contribution >= 4 is 11.8 Å². The van der Waals surface area contributed by atoms with Crippen LogP contribution in [0, 0.1) is 0 Å². The van der Waals surface area contributed by atoms with Crippen molar-refractivity contribution in [3.63, 3.8) is 0 Å². The molecule has 0 aliphatic rings. The van der Waals surface area contributed by atoms with Gasteiger partial charge in [0.2, 0.25) is 5.16 Å². The zero-order chi connectivity index (χ0) is 15.9. The van der Waals surface area contributed by atoms with Gasteiger partial charge in [-0.15, -0.1) is 5.10 Å². The molecule has 0 unspecified atom stereocenters. The van der Waals surface area contributed by atoms with Gasteiger partial charge in [0.05, 0.1) is 13.7 Å². The van der Waals surface area contributed by atoms with E-state index < -0.39 is 0 Å². The van der Waals surface area contributed by atoms with Crippen LogP contribution in [0.3, 0.4) is 0 Å². The van der Waals surface area contributed by atoms with Crippen LogP contribution < -0.4 is 9.47 Å². The summed E-state index contributed by atoms with van der Waals surface area (Å²) in [7, 11) is 1.65. The molecule has 0 spiro atoms. The minimum absolute atomic E-state index is 0.589. The molecule has 3 aromatic rings. The Morgan fingerprint density at radius 2 is 1.74 bits per heavy atom. The number of H-pyrrole nitrogens is 1. The summed E-state index contributed by atoms with van der Waals surface area (Å²) >= 11 is 1.56. The number of aromatic amines is 1. The molecule has 0 saturated heterocycles. The van der Waals surface area contributed by atoms with E-state index in [1.165, 1.54) is 0 Å². The average molecular weight is 327 g/mol. The van der Waals surface area contributed by atoms with E-state index in [-0.39, 0.29) is 0 Å². The summed E-state index contributed by atoms with van der Waals surface area (Å²) in [5.74, 6) is 3.20. The molecule has 3 rings (SSSR count). The number of nitrogens with one attached hydrogen (secondary N) is 1. The highest BCUT2D eigenvalue weighted by atomic mass is 32.2. The Hall–Kier alpha value is -2.47. The van der Waals surface area contributed by atoms with Crippen LogP contribution in [0.5, 0.6) is 11.5 Å². The van der Waals surface area contributed by atoms with Crippen molar-refractivity contribution in [2.24, 2.45) is 0 Å².